The molecule has 0 spiro atoms. The fourth-order valence-electron chi connectivity index (χ4n) is 4.51. The molecule has 1 aliphatic heterocycles. The van der Waals surface area contributed by atoms with Gasteiger partial charge in [-0.1, -0.05) is 35.9 Å². The molecule has 4 unspecified atom stereocenters. The van der Waals surface area contributed by atoms with Crippen molar-refractivity contribution in [3.8, 4) is 11.3 Å². The van der Waals surface area contributed by atoms with Gasteiger partial charge in [-0.05, 0) is 30.4 Å². The van der Waals surface area contributed by atoms with Crippen LogP contribution in [0.4, 0.5) is 5.13 Å². The smallest absolute Gasteiger partial charge is 0.246 e. The Morgan fingerprint density at radius 3 is 2.43 bits per heavy atom. The van der Waals surface area contributed by atoms with Crippen LogP contribution in [0.3, 0.4) is 0 Å². The zero-order valence-electron chi connectivity index (χ0n) is 14.7. The number of carbonyl (C=O) groups is 3. The van der Waals surface area contributed by atoms with E-state index in [1.807, 2.05) is 29.7 Å². The van der Waals surface area contributed by atoms with Crippen LogP contribution in [0.15, 0.2) is 41.8 Å². The van der Waals surface area contributed by atoms with Crippen LogP contribution in [-0.4, -0.2) is 34.2 Å². The first kappa shape index (κ1) is 17.6. The maximum absolute atomic E-state index is 12.7. The van der Waals surface area contributed by atoms with Gasteiger partial charge in [-0.2, -0.15) is 0 Å². The molecule has 28 heavy (non-hydrogen) atoms. The number of carbonyl (C=O) groups excluding carboxylic acids is 3. The maximum Gasteiger partial charge on any atom is 0.246 e. The zero-order chi connectivity index (χ0) is 19.4. The Balaban J connectivity index is 1.25. The third-order valence-corrected chi connectivity index (χ3v) is 6.76. The molecule has 8 heteroatoms. The highest BCUT2D eigenvalue weighted by molar-refractivity contribution is 7.14. The second-order valence-electron chi connectivity index (χ2n) is 7.36. The number of halogens is 1. The Labute approximate surface area is 170 Å². The van der Waals surface area contributed by atoms with Gasteiger partial charge in [0.25, 0.3) is 0 Å². The Kier molecular flexibility index (Phi) is 4.10. The maximum atomic E-state index is 12.7. The number of thiazole rings is 1. The van der Waals surface area contributed by atoms with Gasteiger partial charge in [-0.3, -0.25) is 19.3 Å². The first-order valence-electron chi connectivity index (χ1n) is 9.06. The standard InChI is InChI=1S/C20H16ClN3O3S/c21-13-5-3-10(4-6-13)14-9-28-20(22-14)23-15(25)8-24-18(26)16-11-1-2-12(7-11)17(16)19(24)27/h1-6,9,11-12,16-17H,7-8H2,(H,22,23,25). The number of benzene rings is 1. The molecule has 2 aliphatic carbocycles. The third-order valence-electron chi connectivity index (χ3n) is 5.75. The zero-order valence-corrected chi connectivity index (χ0v) is 16.2. The van der Waals surface area contributed by atoms with Gasteiger partial charge in [0.2, 0.25) is 17.7 Å². The molecule has 3 aliphatic rings. The highest BCUT2D eigenvalue weighted by Crippen LogP contribution is 2.52. The van der Waals surface area contributed by atoms with Gasteiger partial charge in [0.05, 0.1) is 17.5 Å². The Morgan fingerprint density at radius 1 is 1.14 bits per heavy atom. The summed E-state index contributed by atoms with van der Waals surface area (Å²) in [5, 5.41) is 5.59. The van der Waals surface area contributed by atoms with E-state index in [0.29, 0.717) is 10.2 Å². The van der Waals surface area contributed by atoms with E-state index >= 15 is 0 Å². The Morgan fingerprint density at radius 2 is 1.79 bits per heavy atom. The number of aromatic nitrogens is 1. The third kappa shape index (κ3) is 2.77. The molecular formula is C20H16ClN3O3S. The molecule has 1 N–H and O–H groups in total. The molecule has 2 fully saturated rings. The molecule has 3 amide bonds. The van der Waals surface area contributed by atoms with Crippen LogP contribution >= 0.6 is 22.9 Å². The average Bonchev–Trinajstić information content (AvgIpc) is 3.44. The van der Waals surface area contributed by atoms with E-state index in [4.69, 9.17) is 11.6 Å². The van der Waals surface area contributed by atoms with Crippen LogP contribution in [0.25, 0.3) is 11.3 Å². The molecule has 2 heterocycles. The number of imide groups is 1. The molecule has 2 aromatic rings. The molecule has 1 saturated heterocycles. The molecule has 0 radical (unpaired) electrons. The lowest BCUT2D eigenvalue weighted by atomic mass is 9.85. The molecule has 1 aromatic carbocycles. The summed E-state index contributed by atoms with van der Waals surface area (Å²) in [4.78, 5) is 43.3. The Bertz CT molecular complexity index is 986. The average molecular weight is 414 g/mol. The van der Waals surface area contributed by atoms with Crippen molar-refractivity contribution in [1.29, 1.82) is 0 Å². The fraction of sp³-hybridized carbons (Fsp3) is 0.300. The second kappa shape index (κ2) is 6.53. The van der Waals surface area contributed by atoms with Crippen molar-refractivity contribution >= 4 is 45.8 Å². The van der Waals surface area contributed by atoms with Gasteiger partial charge < -0.3 is 5.32 Å². The summed E-state index contributed by atoms with van der Waals surface area (Å²) < 4.78 is 0. The number of fused-ring (bicyclic) bond motifs is 5. The summed E-state index contributed by atoms with van der Waals surface area (Å²) in [6.07, 6.45) is 4.95. The summed E-state index contributed by atoms with van der Waals surface area (Å²) in [6, 6.07) is 7.26. The van der Waals surface area contributed by atoms with Gasteiger partial charge in [0.15, 0.2) is 5.13 Å². The molecule has 4 atom stereocenters. The number of nitrogens with one attached hydrogen (secondary N) is 1. The van der Waals surface area contributed by atoms with E-state index in [0.717, 1.165) is 22.6 Å². The van der Waals surface area contributed by atoms with Crippen LogP contribution in [0, 0.1) is 23.7 Å². The lowest BCUT2D eigenvalue weighted by Crippen LogP contribution is -2.39. The van der Waals surface area contributed by atoms with Gasteiger partial charge in [0.1, 0.15) is 6.54 Å². The summed E-state index contributed by atoms with van der Waals surface area (Å²) in [5.41, 5.74) is 1.62. The summed E-state index contributed by atoms with van der Waals surface area (Å²) in [6.45, 7) is -0.264. The van der Waals surface area contributed by atoms with Gasteiger partial charge in [-0.25, -0.2) is 4.98 Å². The molecule has 6 nitrogen and oxygen atoms in total. The molecule has 2 bridgehead atoms. The summed E-state index contributed by atoms with van der Waals surface area (Å²) >= 11 is 7.19. The largest absolute Gasteiger partial charge is 0.300 e. The first-order valence-corrected chi connectivity index (χ1v) is 10.3. The Hall–Kier alpha value is -2.51. The van der Waals surface area contributed by atoms with Crippen LogP contribution in [0.2, 0.25) is 5.02 Å². The van der Waals surface area contributed by atoms with Crippen LogP contribution < -0.4 is 5.32 Å². The number of rotatable bonds is 4. The molecule has 5 rings (SSSR count). The fourth-order valence-corrected chi connectivity index (χ4v) is 5.37. The topological polar surface area (TPSA) is 79.4 Å². The minimum Gasteiger partial charge on any atom is -0.300 e. The van der Waals surface area contributed by atoms with E-state index in [2.05, 4.69) is 10.3 Å². The SMILES string of the molecule is O=C(CN1C(=O)C2C3C=CC(C3)C2C1=O)Nc1nc(-c2ccc(Cl)cc2)cs1. The minimum absolute atomic E-state index is 0.139. The van der Waals surface area contributed by atoms with E-state index in [-0.39, 0.29) is 42.0 Å². The first-order chi connectivity index (χ1) is 13.5. The van der Waals surface area contributed by atoms with Crippen LogP contribution in [0.1, 0.15) is 6.42 Å². The number of nitrogens with zero attached hydrogens (tertiary/aromatic N) is 2. The lowest BCUT2D eigenvalue weighted by Gasteiger charge is -2.16. The normalized spacial score (nSPS) is 27.5. The number of allylic oxidation sites excluding steroid dienone is 2. The van der Waals surface area contributed by atoms with Gasteiger partial charge >= 0.3 is 0 Å². The van der Waals surface area contributed by atoms with Crippen molar-refractivity contribution in [2.45, 2.75) is 6.42 Å². The molecular weight excluding hydrogens is 398 g/mol. The number of hydrogen-bond acceptors (Lipinski definition) is 5. The van der Waals surface area contributed by atoms with Crippen molar-refractivity contribution in [1.82, 2.24) is 9.88 Å². The molecule has 1 aromatic heterocycles. The monoisotopic (exact) mass is 413 g/mol. The van der Waals surface area contributed by atoms with Crippen molar-refractivity contribution in [3.05, 3.63) is 46.8 Å². The number of likely N-dealkylation sites (tertiary alicyclic amines) is 1. The van der Waals surface area contributed by atoms with Crippen molar-refractivity contribution in [3.63, 3.8) is 0 Å². The summed E-state index contributed by atoms with van der Waals surface area (Å²) in [7, 11) is 0. The minimum atomic E-state index is -0.418. The quantitative estimate of drug-likeness (QED) is 0.616. The van der Waals surface area contributed by atoms with Gasteiger partial charge in [0, 0.05) is 16.0 Å². The highest BCUT2D eigenvalue weighted by Gasteiger charge is 2.59. The van der Waals surface area contributed by atoms with Crippen molar-refractivity contribution in [2.75, 3.05) is 11.9 Å². The predicted octanol–water partition coefficient (Wildman–Crippen LogP) is 3.21. The number of anilines is 1. The second-order valence-corrected chi connectivity index (χ2v) is 8.65. The predicted molar refractivity (Wildman–Crippen MR) is 106 cm³/mol. The molecule has 142 valence electrons. The molecule has 1 saturated carbocycles. The lowest BCUT2D eigenvalue weighted by molar-refractivity contribution is -0.143. The van der Waals surface area contributed by atoms with Gasteiger partial charge in [-0.15, -0.1) is 11.3 Å². The number of hydrogen-bond donors (Lipinski definition) is 1. The number of amides is 3. The van der Waals surface area contributed by atoms with Crippen molar-refractivity contribution in [2.24, 2.45) is 23.7 Å². The van der Waals surface area contributed by atoms with Crippen LogP contribution in [0.5, 0.6) is 0 Å². The van der Waals surface area contributed by atoms with Crippen LogP contribution in [-0.2, 0) is 14.4 Å². The van der Waals surface area contributed by atoms with Crippen molar-refractivity contribution < 1.29 is 14.4 Å². The summed E-state index contributed by atoms with van der Waals surface area (Å²) in [5.74, 6) is -1.15. The van der Waals surface area contributed by atoms with E-state index in [9.17, 15) is 14.4 Å². The highest BCUT2D eigenvalue weighted by atomic mass is 35.5. The van der Waals surface area contributed by atoms with E-state index in [1.165, 1.54) is 11.3 Å². The van der Waals surface area contributed by atoms with E-state index in [1.54, 1.807) is 12.1 Å². The van der Waals surface area contributed by atoms with E-state index < -0.39 is 5.91 Å².